The minimum atomic E-state index is 0.0799. The molecule has 1 saturated carbocycles. The Bertz CT molecular complexity index is 1030. The summed E-state index contributed by atoms with van der Waals surface area (Å²) in [6.07, 6.45) is 4.43. The molecule has 0 spiro atoms. The van der Waals surface area contributed by atoms with Crippen molar-refractivity contribution in [1.29, 1.82) is 0 Å². The molecule has 8 heteroatoms. The van der Waals surface area contributed by atoms with E-state index < -0.39 is 0 Å². The summed E-state index contributed by atoms with van der Waals surface area (Å²) < 4.78 is 7.96. The molecule has 2 aliphatic rings. The highest BCUT2D eigenvalue weighted by molar-refractivity contribution is 7.99. The maximum absolute atomic E-state index is 12.8. The summed E-state index contributed by atoms with van der Waals surface area (Å²) in [4.78, 5) is 18.0. The Kier molecular flexibility index (Phi) is 4.83. The molecule has 7 nitrogen and oxygen atoms in total. The van der Waals surface area contributed by atoms with Crippen LogP contribution in [0.15, 0.2) is 35.6 Å². The summed E-state index contributed by atoms with van der Waals surface area (Å²) in [7, 11) is 0. The summed E-state index contributed by atoms with van der Waals surface area (Å²) in [5, 5.41) is 10.9. The van der Waals surface area contributed by atoms with Crippen molar-refractivity contribution >= 4 is 28.6 Å². The molecule has 2 aromatic heterocycles. The number of morpholine rings is 1. The fraction of sp³-hybridized carbons (Fsp3) is 0.476. The summed E-state index contributed by atoms with van der Waals surface area (Å²) in [5.41, 5.74) is 2.15. The zero-order valence-corrected chi connectivity index (χ0v) is 17.5. The molecule has 1 aromatic carbocycles. The number of rotatable bonds is 5. The van der Waals surface area contributed by atoms with Crippen LogP contribution in [0.25, 0.3) is 22.3 Å². The van der Waals surface area contributed by atoms with Crippen LogP contribution in [0, 0.1) is 0 Å². The molecule has 1 amide bonds. The van der Waals surface area contributed by atoms with E-state index in [1.165, 1.54) is 11.8 Å². The Hall–Kier alpha value is -2.32. The van der Waals surface area contributed by atoms with Crippen LogP contribution in [0.2, 0.25) is 0 Å². The van der Waals surface area contributed by atoms with Gasteiger partial charge in [-0.2, -0.15) is 0 Å². The third-order valence-electron chi connectivity index (χ3n) is 5.50. The Morgan fingerprint density at radius 1 is 1.21 bits per heavy atom. The molecule has 1 aliphatic heterocycles. The van der Waals surface area contributed by atoms with Gasteiger partial charge in [-0.05, 0) is 32.8 Å². The number of hydrogen-bond donors (Lipinski definition) is 1. The molecule has 1 saturated heterocycles. The number of hydrogen-bond acceptors (Lipinski definition) is 5. The van der Waals surface area contributed by atoms with Crippen molar-refractivity contribution in [1.82, 2.24) is 24.6 Å². The molecule has 3 heterocycles. The van der Waals surface area contributed by atoms with Crippen molar-refractivity contribution in [3.05, 3.63) is 30.5 Å². The number of thioether (sulfide) groups is 1. The standard InChI is InChI=1S/C21H25N5O2S/c1-13-10-25(11-14(2)28-13)19(27)12-29-21-24-23-20(26(21)15-7-8-15)17-9-22-18-6-4-3-5-16(17)18/h3-6,9,13-15,22H,7-8,10-12H2,1-2H3/t13-,14-/m0/s1. The molecule has 1 N–H and O–H groups in total. The van der Waals surface area contributed by atoms with Gasteiger partial charge in [0, 0.05) is 41.8 Å². The van der Waals surface area contributed by atoms with Crippen molar-refractivity contribution in [2.45, 2.75) is 50.1 Å². The first-order chi connectivity index (χ1) is 14.1. The van der Waals surface area contributed by atoms with Gasteiger partial charge >= 0.3 is 0 Å². The Labute approximate surface area is 173 Å². The molecule has 0 bridgehead atoms. The van der Waals surface area contributed by atoms with Gasteiger partial charge in [-0.1, -0.05) is 30.0 Å². The Balaban J connectivity index is 1.37. The quantitative estimate of drug-likeness (QED) is 0.651. The van der Waals surface area contributed by atoms with E-state index >= 15 is 0 Å². The predicted octanol–water partition coefficient (Wildman–Crippen LogP) is 3.49. The third-order valence-corrected chi connectivity index (χ3v) is 6.43. The Morgan fingerprint density at radius 3 is 2.72 bits per heavy atom. The highest BCUT2D eigenvalue weighted by Gasteiger charge is 2.32. The molecular formula is C21H25N5O2S. The van der Waals surface area contributed by atoms with Gasteiger partial charge in [-0.3, -0.25) is 9.36 Å². The van der Waals surface area contributed by atoms with Crippen LogP contribution in [-0.2, 0) is 9.53 Å². The fourth-order valence-corrected chi connectivity index (χ4v) is 4.98. The number of nitrogens with one attached hydrogen (secondary N) is 1. The van der Waals surface area contributed by atoms with E-state index in [1.54, 1.807) is 0 Å². The van der Waals surface area contributed by atoms with E-state index in [0.717, 1.165) is 40.3 Å². The topological polar surface area (TPSA) is 76.0 Å². The number of amides is 1. The summed E-state index contributed by atoms with van der Waals surface area (Å²) in [6.45, 7) is 5.33. The summed E-state index contributed by atoms with van der Waals surface area (Å²) in [6, 6.07) is 8.65. The van der Waals surface area contributed by atoms with Gasteiger partial charge in [0.05, 0.1) is 18.0 Å². The average molecular weight is 412 g/mol. The lowest BCUT2D eigenvalue weighted by molar-refractivity contribution is -0.140. The van der Waals surface area contributed by atoms with Crippen molar-refractivity contribution in [2.75, 3.05) is 18.8 Å². The highest BCUT2D eigenvalue weighted by Crippen LogP contribution is 2.42. The monoisotopic (exact) mass is 411 g/mol. The first kappa shape index (κ1) is 18.7. The number of para-hydroxylation sites is 1. The maximum atomic E-state index is 12.8. The number of aromatic amines is 1. The number of fused-ring (bicyclic) bond motifs is 1. The van der Waals surface area contributed by atoms with E-state index in [9.17, 15) is 4.79 Å². The van der Waals surface area contributed by atoms with Crippen LogP contribution in [0.4, 0.5) is 0 Å². The molecule has 5 rings (SSSR count). The van der Waals surface area contributed by atoms with Crippen LogP contribution in [0.1, 0.15) is 32.7 Å². The van der Waals surface area contributed by atoms with Crippen molar-refractivity contribution in [3.63, 3.8) is 0 Å². The Morgan fingerprint density at radius 2 is 1.97 bits per heavy atom. The number of ether oxygens (including phenoxy) is 1. The molecule has 152 valence electrons. The van der Waals surface area contributed by atoms with Gasteiger partial charge in [-0.25, -0.2) is 0 Å². The second-order valence-corrected chi connectivity index (χ2v) is 8.94. The average Bonchev–Trinajstić information content (AvgIpc) is 3.31. The molecule has 2 atom stereocenters. The van der Waals surface area contributed by atoms with Crippen LogP contribution in [-0.4, -0.2) is 61.6 Å². The second kappa shape index (κ2) is 7.50. The van der Waals surface area contributed by atoms with Gasteiger partial charge in [0.2, 0.25) is 5.91 Å². The van der Waals surface area contributed by atoms with Gasteiger partial charge < -0.3 is 14.6 Å². The lowest BCUT2D eigenvalue weighted by atomic mass is 10.1. The van der Waals surface area contributed by atoms with Gasteiger partial charge in [0.25, 0.3) is 0 Å². The zero-order chi connectivity index (χ0) is 20.0. The van der Waals surface area contributed by atoms with Gasteiger partial charge in [0.1, 0.15) is 0 Å². The van der Waals surface area contributed by atoms with Crippen LogP contribution >= 0.6 is 11.8 Å². The van der Waals surface area contributed by atoms with E-state index in [2.05, 4.69) is 31.9 Å². The fourth-order valence-electron chi connectivity index (χ4n) is 4.08. The smallest absolute Gasteiger partial charge is 0.233 e. The van der Waals surface area contributed by atoms with Gasteiger partial charge in [-0.15, -0.1) is 10.2 Å². The van der Waals surface area contributed by atoms with Crippen LogP contribution in [0.3, 0.4) is 0 Å². The minimum Gasteiger partial charge on any atom is -0.372 e. The minimum absolute atomic E-state index is 0.0799. The second-order valence-electron chi connectivity index (χ2n) is 8.00. The predicted molar refractivity (Wildman–Crippen MR) is 113 cm³/mol. The van der Waals surface area contributed by atoms with Crippen molar-refractivity contribution in [2.24, 2.45) is 0 Å². The number of benzene rings is 1. The van der Waals surface area contributed by atoms with E-state index in [0.29, 0.717) is 24.9 Å². The molecule has 0 radical (unpaired) electrons. The van der Waals surface area contributed by atoms with Crippen LogP contribution in [0.5, 0.6) is 0 Å². The van der Waals surface area contributed by atoms with E-state index in [4.69, 9.17) is 4.74 Å². The van der Waals surface area contributed by atoms with Crippen molar-refractivity contribution < 1.29 is 9.53 Å². The SMILES string of the molecule is C[C@H]1CN(C(=O)CSc2nnc(-c3c[nH]c4ccccc34)n2C2CC2)C[C@H](C)O1. The number of aromatic nitrogens is 4. The maximum Gasteiger partial charge on any atom is 0.233 e. The first-order valence-electron chi connectivity index (χ1n) is 10.2. The lowest BCUT2D eigenvalue weighted by Gasteiger charge is -2.35. The number of carbonyl (C=O) groups excluding carboxylic acids is 1. The number of H-pyrrole nitrogens is 1. The summed E-state index contributed by atoms with van der Waals surface area (Å²) >= 11 is 1.49. The zero-order valence-electron chi connectivity index (χ0n) is 16.7. The third kappa shape index (κ3) is 3.67. The number of carbonyl (C=O) groups is 1. The van der Waals surface area contributed by atoms with Gasteiger partial charge in [0.15, 0.2) is 11.0 Å². The first-order valence-corrected chi connectivity index (χ1v) is 11.2. The highest BCUT2D eigenvalue weighted by atomic mass is 32.2. The molecule has 0 unspecified atom stereocenters. The van der Waals surface area contributed by atoms with E-state index in [1.807, 2.05) is 37.1 Å². The molecular weight excluding hydrogens is 386 g/mol. The lowest BCUT2D eigenvalue weighted by Crippen LogP contribution is -2.48. The normalized spacial score (nSPS) is 22.3. The number of nitrogens with zero attached hydrogens (tertiary/aromatic N) is 4. The molecule has 1 aliphatic carbocycles. The van der Waals surface area contributed by atoms with E-state index in [-0.39, 0.29) is 18.1 Å². The largest absolute Gasteiger partial charge is 0.372 e. The molecule has 29 heavy (non-hydrogen) atoms. The summed E-state index contributed by atoms with van der Waals surface area (Å²) in [5.74, 6) is 1.39. The molecule has 2 fully saturated rings. The van der Waals surface area contributed by atoms with Crippen molar-refractivity contribution in [3.8, 4) is 11.4 Å². The molecule has 3 aromatic rings. The van der Waals surface area contributed by atoms with Crippen LogP contribution < -0.4 is 0 Å².